The van der Waals surface area contributed by atoms with E-state index >= 15 is 0 Å². The quantitative estimate of drug-likeness (QED) is 0.802. The fraction of sp³-hybridized carbons (Fsp3) is 0.583. The summed E-state index contributed by atoms with van der Waals surface area (Å²) in [5, 5.41) is 0. The van der Waals surface area contributed by atoms with Gasteiger partial charge in [-0.3, -0.25) is 4.79 Å². The second-order valence-corrected chi connectivity index (χ2v) is 4.58. The van der Waals surface area contributed by atoms with Crippen molar-refractivity contribution < 1.29 is 0 Å². The van der Waals surface area contributed by atoms with Crippen LogP contribution in [0.4, 0.5) is 0 Å². The van der Waals surface area contributed by atoms with Crippen LogP contribution in [0.3, 0.4) is 0 Å². The highest BCUT2D eigenvalue weighted by Gasteiger charge is 2.27. The number of aryl methyl sites for hydroxylation is 2. The van der Waals surface area contributed by atoms with E-state index in [9.17, 15) is 4.79 Å². The lowest BCUT2D eigenvalue weighted by Crippen LogP contribution is -2.29. The summed E-state index contributed by atoms with van der Waals surface area (Å²) in [4.78, 5) is 12.2. The minimum Gasteiger partial charge on any atom is -0.324 e. The molecule has 0 saturated heterocycles. The van der Waals surface area contributed by atoms with E-state index in [-0.39, 0.29) is 11.6 Å². The molecule has 0 aromatic carbocycles. The van der Waals surface area contributed by atoms with Crippen molar-refractivity contribution in [1.82, 2.24) is 4.57 Å². The van der Waals surface area contributed by atoms with Gasteiger partial charge in [0.15, 0.2) is 0 Å². The van der Waals surface area contributed by atoms with Crippen molar-refractivity contribution in [3.05, 3.63) is 33.2 Å². The largest absolute Gasteiger partial charge is 0.324 e. The summed E-state index contributed by atoms with van der Waals surface area (Å²) in [6.45, 7) is 5.83. The SMILES string of the molecule is Cc1cc(C)n(C2CC2)c(=O)c1C(C)N. The molecule has 2 rings (SSSR count). The monoisotopic (exact) mass is 206 g/mol. The molecule has 82 valence electrons. The van der Waals surface area contributed by atoms with Crippen molar-refractivity contribution in [1.29, 1.82) is 0 Å². The number of nitrogens with two attached hydrogens (primary N) is 1. The van der Waals surface area contributed by atoms with Gasteiger partial charge in [-0.2, -0.15) is 0 Å². The van der Waals surface area contributed by atoms with E-state index in [1.165, 1.54) is 0 Å². The zero-order valence-electron chi connectivity index (χ0n) is 9.58. The molecule has 15 heavy (non-hydrogen) atoms. The maximum atomic E-state index is 12.2. The third-order valence-electron chi connectivity index (χ3n) is 3.05. The van der Waals surface area contributed by atoms with Gasteiger partial charge in [0.2, 0.25) is 0 Å². The normalized spacial score (nSPS) is 17.9. The summed E-state index contributed by atoms with van der Waals surface area (Å²) < 4.78 is 1.91. The molecule has 2 N–H and O–H groups in total. The van der Waals surface area contributed by atoms with E-state index in [4.69, 9.17) is 5.73 Å². The Kier molecular flexibility index (Phi) is 2.43. The molecule has 3 heteroatoms. The fourth-order valence-corrected chi connectivity index (χ4v) is 2.26. The summed E-state index contributed by atoms with van der Waals surface area (Å²) in [6.07, 6.45) is 2.25. The highest BCUT2D eigenvalue weighted by atomic mass is 16.1. The molecule has 1 aliphatic carbocycles. The van der Waals surface area contributed by atoms with Gasteiger partial charge in [-0.15, -0.1) is 0 Å². The number of pyridine rings is 1. The van der Waals surface area contributed by atoms with E-state index in [0.717, 1.165) is 29.7 Å². The Morgan fingerprint density at radius 1 is 1.47 bits per heavy atom. The molecule has 1 saturated carbocycles. The van der Waals surface area contributed by atoms with Crippen molar-refractivity contribution in [2.24, 2.45) is 5.73 Å². The lowest BCUT2D eigenvalue weighted by Gasteiger charge is -2.15. The second kappa shape index (κ2) is 3.49. The molecule has 1 heterocycles. The zero-order valence-corrected chi connectivity index (χ0v) is 9.58. The molecular formula is C12H18N2O. The number of rotatable bonds is 2. The Morgan fingerprint density at radius 2 is 2.07 bits per heavy atom. The Hall–Kier alpha value is -1.09. The van der Waals surface area contributed by atoms with E-state index in [1.54, 1.807) is 0 Å². The summed E-state index contributed by atoms with van der Waals surface area (Å²) in [7, 11) is 0. The van der Waals surface area contributed by atoms with Crippen LogP contribution >= 0.6 is 0 Å². The van der Waals surface area contributed by atoms with Crippen molar-refractivity contribution >= 4 is 0 Å². The Balaban J connectivity index is 2.66. The fourth-order valence-electron chi connectivity index (χ4n) is 2.26. The van der Waals surface area contributed by atoms with Gasteiger partial charge < -0.3 is 10.3 Å². The molecule has 0 bridgehead atoms. The van der Waals surface area contributed by atoms with Gasteiger partial charge in [-0.05, 0) is 45.2 Å². The van der Waals surface area contributed by atoms with Crippen LogP contribution in [0, 0.1) is 13.8 Å². The van der Waals surface area contributed by atoms with Gasteiger partial charge in [0.1, 0.15) is 0 Å². The molecule has 1 unspecified atom stereocenters. The number of nitrogens with zero attached hydrogens (tertiary/aromatic N) is 1. The van der Waals surface area contributed by atoms with E-state index in [0.29, 0.717) is 6.04 Å². The molecule has 3 nitrogen and oxygen atoms in total. The third kappa shape index (κ3) is 1.72. The molecule has 1 aromatic heterocycles. The average molecular weight is 206 g/mol. The highest BCUT2D eigenvalue weighted by Crippen LogP contribution is 2.34. The lowest BCUT2D eigenvalue weighted by molar-refractivity contribution is 0.652. The van der Waals surface area contributed by atoms with Crippen molar-refractivity contribution in [2.45, 2.75) is 45.7 Å². The summed E-state index contributed by atoms with van der Waals surface area (Å²) >= 11 is 0. The van der Waals surface area contributed by atoms with Crippen LogP contribution in [0.25, 0.3) is 0 Å². The summed E-state index contributed by atoms with van der Waals surface area (Å²) in [5.41, 5.74) is 8.81. The van der Waals surface area contributed by atoms with Crippen molar-refractivity contribution in [3.63, 3.8) is 0 Å². The van der Waals surface area contributed by atoms with E-state index in [1.807, 2.05) is 25.3 Å². The minimum atomic E-state index is -0.178. The molecule has 1 aromatic rings. The highest BCUT2D eigenvalue weighted by molar-refractivity contribution is 5.29. The molecule has 1 fully saturated rings. The number of aromatic nitrogens is 1. The van der Waals surface area contributed by atoms with Crippen LogP contribution in [-0.2, 0) is 0 Å². The first-order valence-electron chi connectivity index (χ1n) is 5.50. The minimum absolute atomic E-state index is 0.116. The first kappa shape index (κ1) is 10.4. The Morgan fingerprint density at radius 3 is 2.53 bits per heavy atom. The topological polar surface area (TPSA) is 48.0 Å². The van der Waals surface area contributed by atoms with Crippen LogP contribution in [-0.4, -0.2) is 4.57 Å². The maximum absolute atomic E-state index is 12.2. The van der Waals surface area contributed by atoms with Gasteiger partial charge in [0, 0.05) is 23.3 Å². The van der Waals surface area contributed by atoms with Crippen LogP contribution in [0.15, 0.2) is 10.9 Å². The molecular weight excluding hydrogens is 188 g/mol. The smallest absolute Gasteiger partial charge is 0.256 e. The Labute approximate surface area is 89.9 Å². The van der Waals surface area contributed by atoms with Crippen LogP contribution in [0.5, 0.6) is 0 Å². The third-order valence-corrected chi connectivity index (χ3v) is 3.05. The van der Waals surface area contributed by atoms with Crippen molar-refractivity contribution in [2.75, 3.05) is 0 Å². The van der Waals surface area contributed by atoms with Gasteiger partial charge in [-0.1, -0.05) is 0 Å². The standard InChI is InChI=1S/C12H18N2O/c1-7-6-8(2)14(10-4-5-10)12(15)11(7)9(3)13/h6,9-10H,4-5,13H2,1-3H3. The van der Waals surface area contributed by atoms with Gasteiger partial charge in [0.05, 0.1) is 0 Å². The molecule has 0 aliphatic heterocycles. The average Bonchev–Trinajstić information content (AvgIpc) is 2.85. The molecule has 1 atom stereocenters. The molecule has 0 radical (unpaired) electrons. The van der Waals surface area contributed by atoms with Gasteiger partial charge >= 0.3 is 0 Å². The van der Waals surface area contributed by atoms with Crippen LogP contribution in [0.2, 0.25) is 0 Å². The van der Waals surface area contributed by atoms with E-state index < -0.39 is 0 Å². The second-order valence-electron chi connectivity index (χ2n) is 4.58. The number of hydrogen-bond acceptors (Lipinski definition) is 2. The summed E-state index contributed by atoms with van der Waals surface area (Å²) in [6, 6.07) is 2.32. The number of hydrogen-bond donors (Lipinski definition) is 1. The predicted octanol–water partition coefficient (Wildman–Crippen LogP) is 1.82. The Bertz CT molecular complexity index is 412. The maximum Gasteiger partial charge on any atom is 0.256 e. The van der Waals surface area contributed by atoms with E-state index in [2.05, 4.69) is 6.07 Å². The first-order valence-corrected chi connectivity index (χ1v) is 5.50. The van der Waals surface area contributed by atoms with Gasteiger partial charge in [0.25, 0.3) is 5.56 Å². The first-order chi connectivity index (χ1) is 7.02. The van der Waals surface area contributed by atoms with Crippen molar-refractivity contribution in [3.8, 4) is 0 Å². The molecule has 0 amide bonds. The predicted molar refractivity (Wildman–Crippen MR) is 61.0 cm³/mol. The molecule has 0 spiro atoms. The summed E-state index contributed by atoms with van der Waals surface area (Å²) in [5.74, 6) is 0. The zero-order chi connectivity index (χ0) is 11.2. The van der Waals surface area contributed by atoms with Crippen LogP contribution in [0.1, 0.15) is 48.7 Å². The van der Waals surface area contributed by atoms with Gasteiger partial charge in [-0.25, -0.2) is 0 Å². The lowest BCUT2D eigenvalue weighted by atomic mass is 10.0. The molecule has 1 aliphatic rings. The van der Waals surface area contributed by atoms with Crippen LogP contribution < -0.4 is 11.3 Å².